The Labute approximate surface area is 156 Å². The van der Waals surface area contributed by atoms with Gasteiger partial charge >= 0.3 is 6.18 Å². The molecule has 0 saturated heterocycles. The minimum absolute atomic E-state index is 0.0491. The first-order chi connectivity index (χ1) is 12.6. The van der Waals surface area contributed by atoms with E-state index in [1.54, 1.807) is 45.0 Å². The number of alkyl halides is 3. The minimum atomic E-state index is -4.43. The first-order valence-electron chi connectivity index (χ1n) is 8.78. The van der Waals surface area contributed by atoms with Crippen LogP contribution in [0.1, 0.15) is 40.5 Å². The van der Waals surface area contributed by atoms with Crippen LogP contribution in [0.2, 0.25) is 0 Å². The van der Waals surface area contributed by atoms with Gasteiger partial charge in [-0.1, -0.05) is 12.1 Å². The van der Waals surface area contributed by atoms with Crippen molar-refractivity contribution in [2.45, 2.75) is 45.5 Å². The lowest BCUT2D eigenvalue weighted by atomic mass is 9.98. The predicted molar refractivity (Wildman–Crippen MR) is 96.5 cm³/mol. The van der Waals surface area contributed by atoms with E-state index in [0.717, 1.165) is 16.8 Å². The maximum absolute atomic E-state index is 13.7. The van der Waals surface area contributed by atoms with Crippen molar-refractivity contribution in [2.75, 3.05) is 11.9 Å². The lowest BCUT2D eigenvalue weighted by Crippen LogP contribution is -2.35. The maximum atomic E-state index is 13.7. The van der Waals surface area contributed by atoms with E-state index in [1.165, 1.54) is 4.68 Å². The molecule has 0 unspecified atom stereocenters. The average Bonchev–Trinajstić information content (AvgIpc) is 2.83. The van der Waals surface area contributed by atoms with Gasteiger partial charge in [0.2, 0.25) is 5.91 Å². The molecule has 1 N–H and O–H groups in total. The highest BCUT2D eigenvalue weighted by Gasteiger charge is 2.43. The van der Waals surface area contributed by atoms with Gasteiger partial charge in [-0.3, -0.25) is 14.8 Å². The van der Waals surface area contributed by atoms with Crippen LogP contribution in [0.25, 0.3) is 0 Å². The Morgan fingerprint density at radius 2 is 1.93 bits per heavy atom. The van der Waals surface area contributed by atoms with Crippen molar-refractivity contribution in [3.05, 3.63) is 46.3 Å². The number of fused-ring (bicyclic) bond motifs is 1. The molecule has 0 radical (unpaired) electrons. The molecule has 1 aliphatic rings. The molecule has 0 fully saturated rings. The number of hydrogen-bond acceptors (Lipinski definition) is 3. The van der Waals surface area contributed by atoms with Crippen LogP contribution in [-0.4, -0.2) is 28.9 Å². The van der Waals surface area contributed by atoms with Gasteiger partial charge in [0.05, 0.1) is 5.69 Å². The number of hydrogen-bond donors (Lipinski definition) is 1. The summed E-state index contributed by atoms with van der Waals surface area (Å²) in [6, 6.07) is 3.65. The summed E-state index contributed by atoms with van der Waals surface area (Å²) in [5, 5.41) is 6.77. The van der Waals surface area contributed by atoms with E-state index in [9.17, 15) is 18.0 Å². The number of amides is 1. The number of benzene rings is 1. The molecule has 2 heterocycles. The zero-order chi connectivity index (χ0) is 19.9. The lowest BCUT2D eigenvalue weighted by Gasteiger charge is -2.27. The molecule has 0 bridgehead atoms. The number of anilines is 1. The molecule has 27 heavy (non-hydrogen) atoms. The van der Waals surface area contributed by atoms with Gasteiger partial charge in [0, 0.05) is 44.0 Å². The lowest BCUT2D eigenvalue weighted by molar-refractivity contribution is -0.158. The molecule has 3 rings (SSSR count). The van der Waals surface area contributed by atoms with Crippen LogP contribution in [0, 0.1) is 13.8 Å². The summed E-state index contributed by atoms with van der Waals surface area (Å²) in [6.07, 6.45) is -3.41. The number of nitrogens with one attached hydrogen (secondary N) is 1. The summed E-state index contributed by atoms with van der Waals surface area (Å²) >= 11 is 0. The molecule has 0 aliphatic carbocycles. The number of halogens is 3. The van der Waals surface area contributed by atoms with Crippen LogP contribution in [0.5, 0.6) is 0 Å². The molecule has 5 nitrogen and oxygen atoms in total. The standard InChI is InChI=1S/C19H23F3N4O/c1-11-17(12(2)26(4)24-11)18(19(20,21)22)23-10-13-5-7-15-14(9-13)6-8-16(27)25(15)3/h5,7,9,18,23H,6,8,10H2,1-4H3/t18-/m0/s1. The third kappa shape index (κ3) is 3.71. The number of rotatable bonds is 4. The number of aromatic nitrogens is 2. The van der Waals surface area contributed by atoms with E-state index in [-0.39, 0.29) is 18.0 Å². The second-order valence-electron chi connectivity index (χ2n) is 6.98. The zero-order valence-electron chi connectivity index (χ0n) is 15.8. The Morgan fingerprint density at radius 3 is 2.52 bits per heavy atom. The quantitative estimate of drug-likeness (QED) is 0.885. The Kier molecular flexibility index (Phi) is 5.03. The second kappa shape index (κ2) is 6.99. The van der Waals surface area contributed by atoms with Crippen LogP contribution in [0.15, 0.2) is 18.2 Å². The van der Waals surface area contributed by atoms with Gasteiger partial charge in [0.1, 0.15) is 6.04 Å². The van der Waals surface area contributed by atoms with Crippen LogP contribution < -0.4 is 10.2 Å². The molecule has 1 aromatic heterocycles. The molecule has 146 valence electrons. The van der Waals surface area contributed by atoms with Crippen LogP contribution in [-0.2, 0) is 24.8 Å². The third-order valence-corrected chi connectivity index (χ3v) is 5.18. The van der Waals surface area contributed by atoms with Gasteiger partial charge < -0.3 is 4.90 Å². The van der Waals surface area contributed by atoms with Gasteiger partial charge in [-0.05, 0) is 37.5 Å². The van der Waals surface area contributed by atoms with Crippen LogP contribution >= 0.6 is 0 Å². The highest BCUT2D eigenvalue weighted by molar-refractivity contribution is 5.95. The van der Waals surface area contributed by atoms with Gasteiger partial charge in [-0.15, -0.1) is 0 Å². The monoisotopic (exact) mass is 380 g/mol. The minimum Gasteiger partial charge on any atom is -0.315 e. The maximum Gasteiger partial charge on any atom is 0.408 e. The van der Waals surface area contributed by atoms with Crippen molar-refractivity contribution >= 4 is 11.6 Å². The summed E-state index contributed by atoms with van der Waals surface area (Å²) in [5.74, 6) is 0.0491. The van der Waals surface area contributed by atoms with E-state index in [1.807, 2.05) is 6.07 Å². The summed E-state index contributed by atoms with van der Waals surface area (Å²) in [7, 11) is 3.35. The van der Waals surface area contributed by atoms with E-state index in [2.05, 4.69) is 10.4 Å². The predicted octanol–water partition coefficient (Wildman–Crippen LogP) is 3.34. The van der Waals surface area contributed by atoms with Crippen molar-refractivity contribution < 1.29 is 18.0 Å². The number of nitrogens with zero attached hydrogens (tertiary/aromatic N) is 3. The summed E-state index contributed by atoms with van der Waals surface area (Å²) in [6.45, 7) is 3.30. The molecule has 1 aliphatic heterocycles. The first-order valence-corrected chi connectivity index (χ1v) is 8.78. The molecule has 0 saturated carbocycles. The summed E-state index contributed by atoms with van der Waals surface area (Å²) in [5.41, 5.74) is 3.59. The van der Waals surface area contributed by atoms with Crippen LogP contribution in [0.4, 0.5) is 18.9 Å². The number of carbonyl (C=O) groups is 1. The third-order valence-electron chi connectivity index (χ3n) is 5.18. The molecule has 8 heteroatoms. The van der Waals surface area contributed by atoms with Crippen molar-refractivity contribution in [2.24, 2.45) is 7.05 Å². The van der Waals surface area contributed by atoms with Crippen LogP contribution in [0.3, 0.4) is 0 Å². The average molecular weight is 380 g/mol. The van der Waals surface area contributed by atoms with E-state index in [4.69, 9.17) is 0 Å². The van der Waals surface area contributed by atoms with Gasteiger partial charge in [0.15, 0.2) is 0 Å². The fourth-order valence-corrected chi connectivity index (χ4v) is 3.63. The summed E-state index contributed by atoms with van der Waals surface area (Å²) in [4.78, 5) is 13.4. The highest BCUT2D eigenvalue weighted by Crippen LogP contribution is 2.36. The van der Waals surface area contributed by atoms with E-state index in [0.29, 0.717) is 24.2 Å². The van der Waals surface area contributed by atoms with Gasteiger partial charge in [-0.25, -0.2) is 0 Å². The molecular formula is C19H23F3N4O. The number of aryl methyl sites for hydroxylation is 3. The Hall–Kier alpha value is -2.35. The number of carbonyl (C=O) groups excluding carboxylic acids is 1. The fraction of sp³-hybridized carbons (Fsp3) is 0.474. The summed E-state index contributed by atoms with van der Waals surface area (Å²) < 4.78 is 42.6. The largest absolute Gasteiger partial charge is 0.408 e. The molecule has 0 spiro atoms. The van der Waals surface area contributed by atoms with Crippen molar-refractivity contribution in [1.82, 2.24) is 15.1 Å². The molecule has 1 aromatic carbocycles. The van der Waals surface area contributed by atoms with E-state index < -0.39 is 12.2 Å². The zero-order valence-corrected chi connectivity index (χ0v) is 15.8. The molecule has 1 amide bonds. The highest BCUT2D eigenvalue weighted by atomic mass is 19.4. The Bertz CT molecular complexity index is 873. The second-order valence-corrected chi connectivity index (χ2v) is 6.98. The SMILES string of the molecule is Cc1nn(C)c(C)c1[C@H](NCc1ccc2c(c1)CCC(=O)N2C)C(F)(F)F. The topological polar surface area (TPSA) is 50.2 Å². The van der Waals surface area contributed by atoms with Crippen molar-refractivity contribution in [1.29, 1.82) is 0 Å². The van der Waals surface area contributed by atoms with Crippen molar-refractivity contribution in [3.63, 3.8) is 0 Å². The smallest absolute Gasteiger partial charge is 0.315 e. The molecular weight excluding hydrogens is 357 g/mol. The fourth-order valence-electron chi connectivity index (χ4n) is 3.63. The van der Waals surface area contributed by atoms with Gasteiger partial charge in [-0.2, -0.15) is 18.3 Å². The Balaban J connectivity index is 1.84. The van der Waals surface area contributed by atoms with Crippen molar-refractivity contribution in [3.8, 4) is 0 Å². The molecule has 1 atom stereocenters. The first kappa shape index (κ1) is 19.4. The molecule has 2 aromatic rings. The normalized spacial score (nSPS) is 15.8. The van der Waals surface area contributed by atoms with Gasteiger partial charge in [0.25, 0.3) is 0 Å². The van der Waals surface area contributed by atoms with E-state index >= 15 is 0 Å². The Morgan fingerprint density at radius 1 is 1.22 bits per heavy atom.